The highest BCUT2D eigenvalue weighted by atomic mass is 32.2. The maximum Gasteiger partial charge on any atom is 0.256 e. The molecule has 3 heterocycles. The van der Waals surface area contributed by atoms with Crippen molar-refractivity contribution in [1.82, 2.24) is 14.8 Å². The van der Waals surface area contributed by atoms with Crippen molar-refractivity contribution in [2.75, 3.05) is 11.1 Å². The van der Waals surface area contributed by atoms with Crippen LogP contribution in [-0.4, -0.2) is 32.3 Å². The Labute approximate surface area is 181 Å². The van der Waals surface area contributed by atoms with Crippen LogP contribution in [0, 0.1) is 6.92 Å². The van der Waals surface area contributed by atoms with Gasteiger partial charge in [0.05, 0.1) is 38.7 Å². The molecule has 0 aliphatic rings. The number of nitrogens with one attached hydrogen (secondary N) is 1. The molecule has 152 valence electrons. The summed E-state index contributed by atoms with van der Waals surface area (Å²) in [5, 5.41) is 10.1. The Morgan fingerprint density at radius 2 is 2.03 bits per heavy atom. The SMILES string of the molecule is Cc1nn(C)c2nc(-c3cccs3)cc(C(=O)Nc3ccccc3SCC(N)=O)c12. The second-order valence-corrected chi connectivity index (χ2v) is 8.61. The first kappa shape index (κ1) is 20.1. The van der Waals surface area contributed by atoms with Crippen molar-refractivity contribution in [3.63, 3.8) is 0 Å². The molecule has 0 saturated carbocycles. The van der Waals surface area contributed by atoms with E-state index in [0.717, 1.165) is 26.5 Å². The molecule has 3 N–H and O–H groups in total. The molecule has 0 radical (unpaired) electrons. The number of thioether (sulfide) groups is 1. The predicted molar refractivity (Wildman–Crippen MR) is 121 cm³/mol. The molecule has 0 bridgehead atoms. The van der Waals surface area contributed by atoms with E-state index >= 15 is 0 Å². The normalized spacial score (nSPS) is 11.0. The van der Waals surface area contributed by atoms with Crippen LogP contribution in [0.5, 0.6) is 0 Å². The lowest BCUT2D eigenvalue weighted by Crippen LogP contribution is -2.15. The van der Waals surface area contributed by atoms with Gasteiger partial charge < -0.3 is 11.1 Å². The van der Waals surface area contributed by atoms with Crippen molar-refractivity contribution in [2.45, 2.75) is 11.8 Å². The Bertz CT molecular complexity index is 1250. The number of rotatable bonds is 6. The summed E-state index contributed by atoms with van der Waals surface area (Å²) in [5.41, 5.74) is 8.50. The van der Waals surface area contributed by atoms with E-state index in [1.165, 1.54) is 11.8 Å². The third kappa shape index (κ3) is 3.94. The summed E-state index contributed by atoms with van der Waals surface area (Å²) in [7, 11) is 1.82. The van der Waals surface area contributed by atoms with Gasteiger partial charge in [-0.2, -0.15) is 5.10 Å². The van der Waals surface area contributed by atoms with Crippen LogP contribution in [0.2, 0.25) is 0 Å². The summed E-state index contributed by atoms with van der Waals surface area (Å²) in [5.74, 6) is -0.539. The topological polar surface area (TPSA) is 103 Å². The standard InChI is InChI=1S/C21H19N5O2S2/c1-12-19-13(10-15(17-8-5-9-29-17)23-20(19)26(2)25-12)21(28)24-14-6-3-4-7-16(14)30-11-18(22)27/h3-10H,11H2,1-2H3,(H2,22,27)(H,24,28). The molecule has 2 amide bonds. The summed E-state index contributed by atoms with van der Waals surface area (Å²) >= 11 is 2.85. The highest BCUT2D eigenvalue weighted by Crippen LogP contribution is 2.31. The van der Waals surface area contributed by atoms with Crippen molar-refractivity contribution in [2.24, 2.45) is 12.8 Å². The molecule has 1 aromatic carbocycles. The number of para-hydroxylation sites is 1. The molecule has 30 heavy (non-hydrogen) atoms. The fourth-order valence-corrected chi connectivity index (χ4v) is 4.64. The maximum absolute atomic E-state index is 13.3. The Kier molecular flexibility index (Phi) is 5.56. The van der Waals surface area contributed by atoms with Crippen LogP contribution in [-0.2, 0) is 11.8 Å². The first-order chi connectivity index (χ1) is 14.4. The van der Waals surface area contributed by atoms with Gasteiger partial charge in [0.1, 0.15) is 0 Å². The summed E-state index contributed by atoms with van der Waals surface area (Å²) in [6, 6.07) is 13.1. The molecule has 0 saturated heterocycles. The van der Waals surface area contributed by atoms with Gasteiger partial charge in [-0.1, -0.05) is 18.2 Å². The highest BCUT2D eigenvalue weighted by molar-refractivity contribution is 8.00. The molecular formula is C21H19N5O2S2. The van der Waals surface area contributed by atoms with Gasteiger partial charge in [-0.3, -0.25) is 14.3 Å². The van der Waals surface area contributed by atoms with Crippen molar-refractivity contribution < 1.29 is 9.59 Å². The van der Waals surface area contributed by atoms with E-state index in [1.54, 1.807) is 28.2 Å². The average Bonchev–Trinajstić information content (AvgIpc) is 3.35. The van der Waals surface area contributed by atoms with Gasteiger partial charge in [0.2, 0.25) is 5.91 Å². The van der Waals surface area contributed by atoms with Gasteiger partial charge in [-0.25, -0.2) is 4.98 Å². The van der Waals surface area contributed by atoms with Crippen molar-refractivity contribution in [1.29, 1.82) is 0 Å². The van der Waals surface area contributed by atoms with Crippen molar-refractivity contribution >= 4 is 51.6 Å². The van der Waals surface area contributed by atoms with Gasteiger partial charge in [0.25, 0.3) is 5.91 Å². The van der Waals surface area contributed by atoms with Crippen LogP contribution in [0.25, 0.3) is 21.6 Å². The Morgan fingerprint density at radius 3 is 2.77 bits per heavy atom. The molecule has 4 aromatic rings. The maximum atomic E-state index is 13.3. The molecule has 0 atom stereocenters. The number of aryl methyl sites for hydroxylation is 2. The lowest BCUT2D eigenvalue weighted by atomic mass is 10.1. The fourth-order valence-electron chi connectivity index (χ4n) is 3.21. The van der Waals surface area contributed by atoms with Gasteiger partial charge in [-0.05, 0) is 36.6 Å². The minimum Gasteiger partial charge on any atom is -0.369 e. The number of amides is 2. The van der Waals surface area contributed by atoms with E-state index in [1.807, 2.05) is 49.7 Å². The van der Waals surface area contributed by atoms with Gasteiger partial charge in [0.15, 0.2) is 5.65 Å². The second-order valence-electron chi connectivity index (χ2n) is 6.65. The molecule has 7 nitrogen and oxygen atoms in total. The van der Waals surface area contributed by atoms with Crippen molar-refractivity contribution in [3.8, 4) is 10.6 Å². The summed E-state index contributed by atoms with van der Waals surface area (Å²) in [4.78, 5) is 31.0. The Balaban J connectivity index is 1.76. The third-order valence-corrected chi connectivity index (χ3v) is 6.48. The van der Waals surface area contributed by atoms with Crippen LogP contribution in [0.15, 0.2) is 52.7 Å². The molecule has 3 aromatic heterocycles. The average molecular weight is 438 g/mol. The summed E-state index contributed by atoms with van der Waals surface area (Å²) in [6.07, 6.45) is 0. The lowest BCUT2D eigenvalue weighted by molar-refractivity contribution is -0.115. The zero-order valence-corrected chi connectivity index (χ0v) is 18.0. The zero-order valence-electron chi connectivity index (χ0n) is 16.4. The third-order valence-electron chi connectivity index (χ3n) is 4.49. The molecule has 0 fully saturated rings. The zero-order chi connectivity index (χ0) is 21.3. The van der Waals surface area contributed by atoms with Gasteiger partial charge in [0, 0.05) is 11.9 Å². The number of aromatic nitrogens is 3. The largest absolute Gasteiger partial charge is 0.369 e. The minimum absolute atomic E-state index is 0.136. The fraction of sp³-hybridized carbons (Fsp3) is 0.143. The Hall–Kier alpha value is -3.17. The van der Waals surface area contributed by atoms with Crippen LogP contribution >= 0.6 is 23.1 Å². The number of primary amides is 1. The summed E-state index contributed by atoms with van der Waals surface area (Å²) in [6.45, 7) is 1.86. The van der Waals surface area contributed by atoms with Crippen LogP contribution < -0.4 is 11.1 Å². The highest BCUT2D eigenvalue weighted by Gasteiger charge is 2.20. The van der Waals surface area contributed by atoms with Crippen molar-refractivity contribution in [3.05, 3.63) is 59.1 Å². The number of hydrogen-bond donors (Lipinski definition) is 2. The predicted octanol–water partition coefficient (Wildman–Crippen LogP) is 3.83. The lowest BCUT2D eigenvalue weighted by Gasteiger charge is -2.12. The Morgan fingerprint density at radius 1 is 1.23 bits per heavy atom. The molecule has 4 rings (SSSR count). The van der Waals surface area contributed by atoms with E-state index < -0.39 is 5.91 Å². The number of thiophene rings is 1. The molecule has 0 unspecified atom stereocenters. The number of benzene rings is 1. The number of pyridine rings is 1. The molecule has 9 heteroatoms. The van der Waals surface area contributed by atoms with Gasteiger partial charge >= 0.3 is 0 Å². The monoisotopic (exact) mass is 437 g/mol. The first-order valence-electron chi connectivity index (χ1n) is 9.13. The van der Waals surface area contributed by atoms with E-state index in [2.05, 4.69) is 10.4 Å². The number of hydrogen-bond acceptors (Lipinski definition) is 6. The molecular weight excluding hydrogens is 418 g/mol. The number of nitrogens with two attached hydrogens (primary N) is 1. The smallest absolute Gasteiger partial charge is 0.256 e. The summed E-state index contributed by atoms with van der Waals surface area (Å²) < 4.78 is 1.69. The van der Waals surface area contributed by atoms with E-state index in [0.29, 0.717) is 16.9 Å². The number of carbonyl (C=O) groups is 2. The molecule has 0 aliphatic heterocycles. The minimum atomic E-state index is -0.413. The van der Waals surface area contributed by atoms with Crippen LogP contribution in [0.1, 0.15) is 16.1 Å². The van der Waals surface area contributed by atoms with Crippen LogP contribution in [0.4, 0.5) is 5.69 Å². The van der Waals surface area contributed by atoms with E-state index in [9.17, 15) is 9.59 Å². The number of carbonyl (C=O) groups excluding carboxylic acids is 2. The first-order valence-corrected chi connectivity index (χ1v) is 11.0. The quantitative estimate of drug-likeness (QED) is 0.446. The molecule has 0 spiro atoms. The number of fused-ring (bicyclic) bond motifs is 1. The second kappa shape index (κ2) is 8.29. The van der Waals surface area contributed by atoms with E-state index in [4.69, 9.17) is 10.7 Å². The van der Waals surface area contributed by atoms with E-state index in [-0.39, 0.29) is 11.7 Å². The van der Waals surface area contributed by atoms with Gasteiger partial charge in [-0.15, -0.1) is 23.1 Å². The number of anilines is 1. The number of nitrogens with zero attached hydrogens (tertiary/aromatic N) is 3. The van der Waals surface area contributed by atoms with Crippen LogP contribution in [0.3, 0.4) is 0 Å². The molecule has 0 aliphatic carbocycles.